The summed E-state index contributed by atoms with van der Waals surface area (Å²) in [4.78, 5) is 12.1. The Kier molecular flexibility index (Phi) is 7.38. The van der Waals surface area contributed by atoms with Crippen LogP contribution >= 0.6 is 12.4 Å². The molecule has 2 bridgehead atoms. The second-order valence-electron chi connectivity index (χ2n) is 6.98. The average molecular weight is 353 g/mol. The molecular formula is C19H29ClN2O2. The largest absolute Gasteiger partial charge is 0.497 e. The first kappa shape index (κ1) is 19.1. The van der Waals surface area contributed by atoms with E-state index in [9.17, 15) is 4.79 Å². The van der Waals surface area contributed by atoms with Crippen molar-refractivity contribution in [2.45, 2.75) is 57.0 Å². The molecule has 3 rings (SSSR count). The van der Waals surface area contributed by atoms with Gasteiger partial charge in [0.25, 0.3) is 0 Å². The van der Waals surface area contributed by atoms with Crippen LogP contribution in [0.1, 0.15) is 44.1 Å². The lowest BCUT2D eigenvalue weighted by atomic mass is 9.89. The van der Waals surface area contributed by atoms with Crippen molar-refractivity contribution in [1.82, 2.24) is 10.6 Å². The fourth-order valence-corrected chi connectivity index (χ4v) is 3.99. The number of hydrogen-bond acceptors (Lipinski definition) is 3. The minimum absolute atomic E-state index is 0. The summed E-state index contributed by atoms with van der Waals surface area (Å²) < 4.78 is 5.16. The van der Waals surface area contributed by atoms with Gasteiger partial charge in [0.2, 0.25) is 5.91 Å². The Labute approximate surface area is 151 Å². The van der Waals surface area contributed by atoms with Crippen molar-refractivity contribution in [2.75, 3.05) is 13.7 Å². The molecule has 4 nitrogen and oxygen atoms in total. The molecule has 0 aliphatic carbocycles. The predicted octanol–water partition coefficient (Wildman–Crippen LogP) is 3.09. The van der Waals surface area contributed by atoms with E-state index in [0.717, 1.165) is 25.1 Å². The first-order valence-electron chi connectivity index (χ1n) is 8.88. The molecule has 2 fully saturated rings. The fourth-order valence-electron chi connectivity index (χ4n) is 3.99. The van der Waals surface area contributed by atoms with E-state index < -0.39 is 0 Å². The normalized spacial score (nSPS) is 25.0. The van der Waals surface area contributed by atoms with Gasteiger partial charge in [0.1, 0.15) is 5.75 Å². The molecule has 2 heterocycles. The van der Waals surface area contributed by atoms with E-state index in [1.165, 1.54) is 31.2 Å². The molecule has 1 amide bonds. The van der Waals surface area contributed by atoms with E-state index >= 15 is 0 Å². The van der Waals surface area contributed by atoms with Crippen LogP contribution in [0.5, 0.6) is 5.75 Å². The van der Waals surface area contributed by atoms with E-state index in [4.69, 9.17) is 4.74 Å². The van der Waals surface area contributed by atoms with Gasteiger partial charge in [0, 0.05) is 25.0 Å². The molecule has 2 aliphatic heterocycles. The van der Waals surface area contributed by atoms with Crippen LogP contribution < -0.4 is 15.4 Å². The molecular weight excluding hydrogens is 324 g/mol. The van der Waals surface area contributed by atoms with Crippen molar-refractivity contribution >= 4 is 18.3 Å². The number of carbonyl (C=O) groups excluding carboxylic acids is 1. The average Bonchev–Trinajstić information content (AvgIpc) is 2.91. The number of aryl methyl sites for hydroxylation is 1. The Balaban J connectivity index is 0.00000208. The summed E-state index contributed by atoms with van der Waals surface area (Å²) >= 11 is 0. The Morgan fingerprint density at radius 3 is 2.50 bits per heavy atom. The third-order valence-electron chi connectivity index (χ3n) is 5.17. The first-order chi connectivity index (χ1) is 11.2. The van der Waals surface area contributed by atoms with Crippen molar-refractivity contribution in [3.05, 3.63) is 29.8 Å². The number of fused-ring (bicyclic) bond motifs is 2. The van der Waals surface area contributed by atoms with Crippen LogP contribution in [0.4, 0.5) is 0 Å². The van der Waals surface area contributed by atoms with E-state index in [2.05, 4.69) is 22.8 Å². The highest BCUT2D eigenvalue weighted by atomic mass is 35.5. The predicted molar refractivity (Wildman–Crippen MR) is 98.9 cm³/mol. The zero-order chi connectivity index (χ0) is 16.1. The third-order valence-corrected chi connectivity index (χ3v) is 5.17. The lowest BCUT2D eigenvalue weighted by molar-refractivity contribution is -0.122. The standard InChI is InChI=1S/C19H28N2O2.ClH/c1-23-18-8-4-14(5-9-18)3-2-10-20-19(22)13-15-11-16-6-7-17(12-15)21-16;/h4-5,8-9,15-17,21H,2-3,6-7,10-13H2,1H3,(H,20,22);1H. The van der Waals surface area contributed by atoms with Crippen LogP contribution in [0.2, 0.25) is 0 Å². The molecule has 2 aliphatic rings. The third kappa shape index (κ3) is 5.38. The maximum absolute atomic E-state index is 12.1. The minimum Gasteiger partial charge on any atom is -0.497 e. The number of carbonyl (C=O) groups is 1. The van der Waals surface area contributed by atoms with E-state index in [1.54, 1.807) is 7.11 Å². The monoisotopic (exact) mass is 352 g/mol. The fraction of sp³-hybridized carbons (Fsp3) is 0.632. The lowest BCUT2D eigenvalue weighted by Crippen LogP contribution is -2.39. The zero-order valence-electron chi connectivity index (χ0n) is 14.4. The van der Waals surface area contributed by atoms with E-state index in [1.807, 2.05) is 12.1 Å². The van der Waals surface area contributed by atoms with Gasteiger partial charge in [-0.15, -0.1) is 12.4 Å². The quantitative estimate of drug-likeness (QED) is 0.741. The van der Waals surface area contributed by atoms with Gasteiger partial charge < -0.3 is 15.4 Å². The van der Waals surface area contributed by atoms with Crippen molar-refractivity contribution in [3.63, 3.8) is 0 Å². The number of nitrogens with one attached hydrogen (secondary N) is 2. The number of hydrogen-bond donors (Lipinski definition) is 2. The topological polar surface area (TPSA) is 50.4 Å². The van der Waals surface area contributed by atoms with Crippen LogP contribution in [0.3, 0.4) is 0 Å². The zero-order valence-corrected chi connectivity index (χ0v) is 15.2. The molecule has 0 aromatic heterocycles. The van der Waals surface area contributed by atoms with Gasteiger partial charge in [0.05, 0.1) is 7.11 Å². The minimum atomic E-state index is 0. The second kappa shape index (κ2) is 9.28. The number of amides is 1. The molecule has 2 atom stereocenters. The number of benzene rings is 1. The number of ether oxygens (including phenoxy) is 1. The summed E-state index contributed by atoms with van der Waals surface area (Å²) in [6.07, 6.45) is 7.62. The molecule has 0 radical (unpaired) electrons. The van der Waals surface area contributed by atoms with Gasteiger partial charge in [0.15, 0.2) is 0 Å². The molecule has 134 valence electrons. The van der Waals surface area contributed by atoms with E-state index in [-0.39, 0.29) is 18.3 Å². The molecule has 0 spiro atoms. The molecule has 1 aromatic carbocycles. The first-order valence-corrected chi connectivity index (χ1v) is 8.88. The van der Waals surface area contributed by atoms with Crippen LogP contribution in [-0.2, 0) is 11.2 Å². The molecule has 2 saturated heterocycles. The van der Waals surface area contributed by atoms with Crippen molar-refractivity contribution in [2.24, 2.45) is 5.92 Å². The van der Waals surface area contributed by atoms with Gasteiger partial charge in [-0.25, -0.2) is 0 Å². The summed E-state index contributed by atoms with van der Waals surface area (Å²) in [5.41, 5.74) is 1.29. The maximum Gasteiger partial charge on any atom is 0.220 e. The Morgan fingerprint density at radius 1 is 1.21 bits per heavy atom. The van der Waals surface area contributed by atoms with Gasteiger partial charge >= 0.3 is 0 Å². The highest BCUT2D eigenvalue weighted by molar-refractivity contribution is 5.85. The van der Waals surface area contributed by atoms with Crippen LogP contribution in [0.25, 0.3) is 0 Å². The SMILES string of the molecule is COc1ccc(CCCNC(=O)CC2CC3CCC(C2)N3)cc1.Cl. The van der Waals surface area contributed by atoms with Crippen molar-refractivity contribution in [3.8, 4) is 5.75 Å². The van der Waals surface area contributed by atoms with Crippen LogP contribution in [0, 0.1) is 5.92 Å². The number of halogens is 1. The highest BCUT2D eigenvalue weighted by Crippen LogP contribution is 2.32. The van der Waals surface area contributed by atoms with Gasteiger partial charge in [-0.05, 0) is 62.1 Å². The smallest absolute Gasteiger partial charge is 0.220 e. The Morgan fingerprint density at radius 2 is 1.88 bits per heavy atom. The van der Waals surface area contributed by atoms with Gasteiger partial charge in [-0.2, -0.15) is 0 Å². The molecule has 5 heteroatoms. The van der Waals surface area contributed by atoms with Crippen LogP contribution in [0.15, 0.2) is 24.3 Å². The summed E-state index contributed by atoms with van der Waals surface area (Å²) in [7, 11) is 1.68. The lowest BCUT2D eigenvalue weighted by Gasteiger charge is -2.28. The van der Waals surface area contributed by atoms with Crippen molar-refractivity contribution < 1.29 is 9.53 Å². The Bertz CT molecular complexity index is 509. The number of piperidine rings is 1. The summed E-state index contributed by atoms with van der Waals surface area (Å²) in [6, 6.07) is 9.48. The van der Waals surface area contributed by atoms with Crippen molar-refractivity contribution in [1.29, 1.82) is 0 Å². The molecule has 1 aromatic rings. The maximum atomic E-state index is 12.1. The van der Waals surface area contributed by atoms with Crippen LogP contribution in [-0.4, -0.2) is 31.6 Å². The molecule has 24 heavy (non-hydrogen) atoms. The molecule has 2 unspecified atom stereocenters. The van der Waals surface area contributed by atoms with Gasteiger partial charge in [-0.1, -0.05) is 12.1 Å². The summed E-state index contributed by atoms with van der Waals surface area (Å²) in [6.45, 7) is 0.767. The Hall–Kier alpha value is -1.26. The van der Waals surface area contributed by atoms with Gasteiger partial charge in [-0.3, -0.25) is 4.79 Å². The molecule has 2 N–H and O–H groups in total. The summed E-state index contributed by atoms with van der Waals surface area (Å²) in [5.74, 6) is 1.69. The highest BCUT2D eigenvalue weighted by Gasteiger charge is 2.33. The number of methoxy groups -OCH3 is 1. The second-order valence-corrected chi connectivity index (χ2v) is 6.98. The molecule has 0 saturated carbocycles. The van der Waals surface area contributed by atoms with E-state index in [0.29, 0.717) is 24.4 Å². The number of rotatable bonds is 7. The summed E-state index contributed by atoms with van der Waals surface area (Å²) in [5, 5.41) is 6.72.